The lowest BCUT2D eigenvalue weighted by atomic mass is 10.1. The van der Waals surface area contributed by atoms with Crippen LogP contribution in [-0.2, 0) is 0 Å². The fourth-order valence-electron chi connectivity index (χ4n) is 1.70. The van der Waals surface area contributed by atoms with Gasteiger partial charge in [0.2, 0.25) is 0 Å². The number of likely N-dealkylation sites (N-methyl/N-ethyl adjacent to an activating group) is 1. The summed E-state index contributed by atoms with van der Waals surface area (Å²) in [6, 6.07) is 1.89. The molecule has 1 aromatic rings. The lowest BCUT2D eigenvalue weighted by Crippen LogP contribution is -2.36. The van der Waals surface area contributed by atoms with Gasteiger partial charge in [-0.3, -0.25) is 0 Å². The van der Waals surface area contributed by atoms with Crippen LogP contribution >= 0.6 is 0 Å². The predicted molar refractivity (Wildman–Crippen MR) is 75.2 cm³/mol. The van der Waals surface area contributed by atoms with Crippen molar-refractivity contribution in [3.63, 3.8) is 0 Å². The molecule has 0 spiro atoms. The van der Waals surface area contributed by atoms with E-state index in [0.717, 1.165) is 17.5 Å². The Morgan fingerprint density at radius 3 is 2.44 bits per heavy atom. The molecule has 0 saturated heterocycles. The third-order valence-electron chi connectivity index (χ3n) is 2.52. The van der Waals surface area contributed by atoms with Gasteiger partial charge in [0.05, 0.1) is 5.60 Å². The summed E-state index contributed by atoms with van der Waals surface area (Å²) >= 11 is 0. The van der Waals surface area contributed by atoms with Gasteiger partial charge in [0.15, 0.2) is 0 Å². The normalized spacial score (nSPS) is 11.8. The second-order valence-corrected chi connectivity index (χ2v) is 5.54. The fraction of sp³-hybridized carbons (Fsp3) is 0.692. The molecule has 0 aliphatic heterocycles. The van der Waals surface area contributed by atoms with Crippen molar-refractivity contribution >= 4 is 11.6 Å². The molecule has 0 radical (unpaired) electrons. The third-order valence-corrected chi connectivity index (χ3v) is 2.52. The maximum Gasteiger partial charge on any atom is 0.135 e. The van der Waals surface area contributed by atoms with E-state index < -0.39 is 5.60 Å². The number of hydrogen-bond donors (Lipinski definition) is 2. The highest BCUT2D eigenvalue weighted by molar-refractivity contribution is 5.49. The molecule has 102 valence electrons. The van der Waals surface area contributed by atoms with E-state index in [-0.39, 0.29) is 5.92 Å². The van der Waals surface area contributed by atoms with Gasteiger partial charge in [-0.05, 0) is 13.8 Å². The van der Waals surface area contributed by atoms with Crippen LogP contribution in [0.5, 0.6) is 0 Å². The van der Waals surface area contributed by atoms with E-state index >= 15 is 0 Å². The lowest BCUT2D eigenvalue weighted by Gasteiger charge is -2.27. The van der Waals surface area contributed by atoms with E-state index in [1.165, 1.54) is 0 Å². The summed E-state index contributed by atoms with van der Waals surface area (Å²) in [5, 5.41) is 12.9. The van der Waals surface area contributed by atoms with Crippen LogP contribution in [-0.4, -0.2) is 41.3 Å². The SMILES string of the molecule is CNc1cc(N(C)CC(C)(C)O)nc(C(C)C)n1. The molecule has 5 nitrogen and oxygen atoms in total. The number of nitrogens with one attached hydrogen (secondary N) is 1. The minimum atomic E-state index is -0.752. The van der Waals surface area contributed by atoms with Gasteiger partial charge in [0, 0.05) is 32.6 Å². The summed E-state index contributed by atoms with van der Waals surface area (Å²) in [7, 11) is 3.76. The van der Waals surface area contributed by atoms with Crippen LogP contribution in [0.15, 0.2) is 6.07 Å². The van der Waals surface area contributed by atoms with Crippen LogP contribution in [0.3, 0.4) is 0 Å². The molecule has 0 atom stereocenters. The zero-order chi connectivity index (χ0) is 13.9. The Labute approximate surface area is 109 Å². The molecule has 0 aromatic carbocycles. The highest BCUT2D eigenvalue weighted by Gasteiger charge is 2.18. The Bertz CT molecular complexity index is 398. The van der Waals surface area contributed by atoms with Gasteiger partial charge in [-0.1, -0.05) is 13.8 Å². The minimum absolute atomic E-state index is 0.271. The monoisotopic (exact) mass is 252 g/mol. The Morgan fingerprint density at radius 1 is 1.39 bits per heavy atom. The Balaban J connectivity index is 3.04. The average Bonchev–Trinajstić information content (AvgIpc) is 2.26. The van der Waals surface area contributed by atoms with Crippen LogP contribution in [0.4, 0.5) is 11.6 Å². The van der Waals surface area contributed by atoms with Crippen molar-refractivity contribution in [3.05, 3.63) is 11.9 Å². The molecule has 0 bridgehead atoms. The minimum Gasteiger partial charge on any atom is -0.389 e. The van der Waals surface area contributed by atoms with E-state index in [1.54, 1.807) is 13.8 Å². The summed E-state index contributed by atoms with van der Waals surface area (Å²) in [6.07, 6.45) is 0. The van der Waals surface area contributed by atoms with Crippen LogP contribution in [0.25, 0.3) is 0 Å². The van der Waals surface area contributed by atoms with E-state index in [2.05, 4.69) is 29.1 Å². The van der Waals surface area contributed by atoms with Crippen LogP contribution in [0.2, 0.25) is 0 Å². The van der Waals surface area contributed by atoms with Crippen molar-refractivity contribution in [1.82, 2.24) is 9.97 Å². The number of aromatic nitrogens is 2. The van der Waals surface area contributed by atoms with Gasteiger partial charge < -0.3 is 15.3 Å². The number of anilines is 2. The lowest BCUT2D eigenvalue weighted by molar-refractivity contribution is 0.0884. The summed E-state index contributed by atoms with van der Waals surface area (Å²) in [5.74, 6) is 2.69. The molecule has 0 fully saturated rings. The van der Waals surface area contributed by atoms with Crippen LogP contribution in [0, 0.1) is 0 Å². The van der Waals surface area contributed by atoms with Gasteiger partial charge in [-0.25, -0.2) is 9.97 Å². The molecular weight excluding hydrogens is 228 g/mol. The highest BCUT2D eigenvalue weighted by atomic mass is 16.3. The van der Waals surface area contributed by atoms with Crippen molar-refractivity contribution in [2.75, 3.05) is 30.9 Å². The zero-order valence-corrected chi connectivity index (χ0v) is 12.2. The molecule has 0 aliphatic rings. The van der Waals surface area contributed by atoms with Crippen LogP contribution in [0.1, 0.15) is 39.4 Å². The topological polar surface area (TPSA) is 61.3 Å². The molecule has 1 aromatic heterocycles. The first kappa shape index (κ1) is 14.7. The van der Waals surface area contributed by atoms with Crippen molar-refractivity contribution in [3.8, 4) is 0 Å². The first-order chi connectivity index (χ1) is 8.23. The zero-order valence-electron chi connectivity index (χ0n) is 12.2. The first-order valence-electron chi connectivity index (χ1n) is 6.23. The standard InChI is InChI=1S/C13H24N4O/c1-9(2)12-15-10(14-5)7-11(16-12)17(6)8-13(3,4)18/h7,9,18H,8H2,1-6H3,(H,14,15,16). The quantitative estimate of drug-likeness (QED) is 0.837. The highest BCUT2D eigenvalue weighted by Crippen LogP contribution is 2.20. The largest absolute Gasteiger partial charge is 0.389 e. The van der Waals surface area contributed by atoms with Gasteiger partial charge in [-0.2, -0.15) is 0 Å². The van der Waals surface area contributed by atoms with Crippen LogP contribution < -0.4 is 10.2 Å². The first-order valence-corrected chi connectivity index (χ1v) is 6.23. The molecule has 0 amide bonds. The number of aliphatic hydroxyl groups is 1. The van der Waals surface area contributed by atoms with Crippen molar-refractivity contribution < 1.29 is 5.11 Å². The molecule has 5 heteroatoms. The molecule has 0 unspecified atom stereocenters. The molecule has 0 aliphatic carbocycles. The molecule has 0 saturated carbocycles. The second-order valence-electron chi connectivity index (χ2n) is 5.54. The number of nitrogens with zero attached hydrogens (tertiary/aromatic N) is 3. The molecular formula is C13H24N4O. The predicted octanol–water partition coefficient (Wildman–Crippen LogP) is 1.85. The second kappa shape index (κ2) is 5.52. The summed E-state index contributed by atoms with van der Waals surface area (Å²) in [4.78, 5) is 10.9. The maximum absolute atomic E-state index is 9.85. The third kappa shape index (κ3) is 4.14. The van der Waals surface area contributed by atoms with Crippen molar-refractivity contribution in [2.45, 2.75) is 39.2 Å². The Morgan fingerprint density at radius 2 is 2.00 bits per heavy atom. The number of rotatable bonds is 5. The van der Waals surface area contributed by atoms with E-state index in [9.17, 15) is 5.11 Å². The molecule has 18 heavy (non-hydrogen) atoms. The van der Waals surface area contributed by atoms with Gasteiger partial charge >= 0.3 is 0 Å². The Hall–Kier alpha value is -1.36. The van der Waals surface area contributed by atoms with Gasteiger partial charge in [-0.15, -0.1) is 0 Å². The Kier molecular flexibility index (Phi) is 4.51. The maximum atomic E-state index is 9.85. The van der Waals surface area contributed by atoms with Gasteiger partial charge in [0.1, 0.15) is 17.5 Å². The molecule has 1 rings (SSSR count). The van der Waals surface area contributed by atoms with Crippen molar-refractivity contribution in [2.24, 2.45) is 0 Å². The molecule has 1 heterocycles. The van der Waals surface area contributed by atoms with E-state index in [4.69, 9.17) is 0 Å². The summed E-state index contributed by atoms with van der Waals surface area (Å²) < 4.78 is 0. The van der Waals surface area contributed by atoms with Gasteiger partial charge in [0.25, 0.3) is 0 Å². The summed E-state index contributed by atoms with van der Waals surface area (Å²) in [6.45, 7) is 8.22. The average molecular weight is 252 g/mol. The molecule has 2 N–H and O–H groups in total. The van der Waals surface area contributed by atoms with Crippen molar-refractivity contribution in [1.29, 1.82) is 0 Å². The van der Waals surface area contributed by atoms with E-state index in [0.29, 0.717) is 6.54 Å². The smallest absolute Gasteiger partial charge is 0.135 e. The van der Waals surface area contributed by atoms with E-state index in [1.807, 2.05) is 25.1 Å². The fourth-order valence-corrected chi connectivity index (χ4v) is 1.70. The number of hydrogen-bond acceptors (Lipinski definition) is 5. The summed E-state index contributed by atoms with van der Waals surface area (Å²) in [5.41, 5.74) is -0.752.